The van der Waals surface area contributed by atoms with Crippen LogP contribution in [0.25, 0.3) is 0 Å². The monoisotopic (exact) mass is 424 g/mol. The van der Waals surface area contributed by atoms with Crippen LogP contribution in [0.15, 0.2) is 12.1 Å². The number of benzene rings is 1. The van der Waals surface area contributed by atoms with E-state index >= 15 is 0 Å². The Bertz CT molecular complexity index is 819. The molecule has 1 N–H and O–H groups in total. The third-order valence-corrected chi connectivity index (χ3v) is 5.48. The molecule has 0 radical (unpaired) electrons. The van der Waals surface area contributed by atoms with Crippen molar-refractivity contribution in [3.63, 3.8) is 0 Å². The second-order valence-electron chi connectivity index (χ2n) is 7.64. The summed E-state index contributed by atoms with van der Waals surface area (Å²) in [6.45, 7) is 1.99. The lowest BCUT2D eigenvalue weighted by Crippen LogP contribution is -2.53. The predicted molar refractivity (Wildman–Crippen MR) is 106 cm³/mol. The first-order valence-corrected chi connectivity index (χ1v) is 10.1. The summed E-state index contributed by atoms with van der Waals surface area (Å²) in [4.78, 5) is 28.2. The van der Waals surface area contributed by atoms with Gasteiger partial charge in [-0.1, -0.05) is 26.2 Å². The van der Waals surface area contributed by atoms with Gasteiger partial charge in [-0.15, -0.1) is 0 Å². The number of amides is 2. The molecule has 0 heterocycles. The van der Waals surface area contributed by atoms with Gasteiger partial charge in [-0.3, -0.25) is 14.5 Å². The molecular formula is C21H27F3N4O2. The van der Waals surface area contributed by atoms with Gasteiger partial charge in [-0.05, 0) is 37.9 Å². The fourth-order valence-corrected chi connectivity index (χ4v) is 3.74. The molecule has 0 aliphatic heterocycles. The Morgan fingerprint density at radius 2 is 1.80 bits per heavy atom. The number of nitrogens with one attached hydrogen (secondary N) is 1. The summed E-state index contributed by atoms with van der Waals surface area (Å²) in [6, 6.07) is 3.96. The minimum absolute atomic E-state index is 0.0819. The number of halogens is 3. The zero-order valence-electron chi connectivity index (χ0n) is 17.3. The van der Waals surface area contributed by atoms with Gasteiger partial charge < -0.3 is 10.2 Å². The molecule has 1 aliphatic carbocycles. The molecule has 0 atom stereocenters. The van der Waals surface area contributed by atoms with Gasteiger partial charge in [0.15, 0.2) is 17.5 Å². The molecule has 30 heavy (non-hydrogen) atoms. The van der Waals surface area contributed by atoms with E-state index in [-0.39, 0.29) is 19.0 Å². The second-order valence-corrected chi connectivity index (χ2v) is 7.64. The molecule has 2 amide bonds. The van der Waals surface area contributed by atoms with Gasteiger partial charge in [0.25, 0.3) is 0 Å². The van der Waals surface area contributed by atoms with Crippen molar-refractivity contribution in [2.24, 2.45) is 0 Å². The molecule has 1 fully saturated rings. The quantitative estimate of drug-likeness (QED) is 0.649. The van der Waals surface area contributed by atoms with Crippen molar-refractivity contribution in [3.05, 3.63) is 29.6 Å². The van der Waals surface area contributed by atoms with Crippen LogP contribution in [0.5, 0.6) is 0 Å². The molecular weight excluding hydrogens is 397 g/mol. The molecule has 0 saturated heterocycles. The maximum atomic E-state index is 13.8. The Kier molecular flexibility index (Phi) is 8.24. The highest BCUT2D eigenvalue weighted by Gasteiger charge is 2.39. The molecule has 164 valence electrons. The lowest BCUT2D eigenvalue weighted by atomic mass is 9.81. The average molecular weight is 424 g/mol. The number of nitrogens with zero attached hydrogens (tertiary/aromatic N) is 3. The Morgan fingerprint density at radius 3 is 2.40 bits per heavy atom. The van der Waals surface area contributed by atoms with E-state index in [0.29, 0.717) is 25.8 Å². The van der Waals surface area contributed by atoms with Crippen LogP contribution in [-0.4, -0.2) is 53.8 Å². The first-order valence-electron chi connectivity index (χ1n) is 10.1. The zero-order valence-corrected chi connectivity index (χ0v) is 17.3. The highest BCUT2D eigenvalue weighted by Crippen LogP contribution is 2.32. The maximum Gasteiger partial charge on any atom is 0.238 e. The molecule has 9 heteroatoms. The summed E-state index contributed by atoms with van der Waals surface area (Å²) in [5.41, 5.74) is -1.30. The lowest BCUT2D eigenvalue weighted by Gasteiger charge is -2.39. The molecule has 0 unspecified atom stereocenters. The van der Waals surface area contributed by atoms with Crippen molar-refractivity contribution >= 4 is 17.5 Å². The van der Waals surface area contributed by atoms with E-state index in [2.05, 4.69) is 11.4 Å². The SMILES string of the molecule is CCCN(CC(=O)Nc1ccc(F)c(F)c1F)CC(=O)N(C)C1(C#N)CCCCC1. The van der Waals surface area contributed by atoms with Gasteiger partial charge in [-0.2, -0.15) is 5.26 Å². The number of nitriles is 1. The van der Waals surface area contributed by atoms with Crippen molar-refractivity contribution in [2.75, 3.05) is 32.0 Å². The number of hydrogen-bond donors (Lipinski definition) is 1. The molecule has 0 spiro atoms. The zero-order chi connectivity index (χ0) is 22.3. The topological polar surface area (TPSA) is 76.4 Å². The molecule has 1 saturated carbocycles. The molecule has 1 aromatic rings. The van der Waals surface area contributed by atoms with Crippen LogP contribution in [0.4, 0.5) is 18.9 Å². The van der Waals surface area contributed by atoms with Crippen LogP contribution in [0.1, 0.15) is 45.4 Å². The minimum atomic E-state index is -1.66. The van der Waals surface area contributed by atoms with Crippen molar-refractivity contribution in [3.8, 4) is 6.07 Å². The maximum absolute atomic E-state index is 13.8. The van der Waals surface area contributed by atoms with E-state index in [0.717, 1.165) is 31.4 Å². The first-order chi connectivity index (χ1) is 14.2. The molecule has 6 nitrogen and oxygen atoms in total. The fraction of sp³-hybridized carbons (Fsp3) is 0.571. The number of likely N-dealkylation sites (N-methyl/N-ethyl adjacent to an activating group) is 1. The number of anilines is 1. The smallest absolute Gasteiger partial charge is 0.238 e. The van der Waals surface area contributed by atoms with Gasteiger partial charge in [0.2, 0.25) is 11.8 Å². The summed E-state index contributed by atoms with van der Waals surface area (Å²) in [5.74, 6) is -5.42. The molecule has 0 aromatic heterocycles. The van der Waals surface area contributed by atoms with E-state index in [4.69, 9.17) is 0 Å². The first kappa shape index (κ1) is 23.7. The van der Waals surface area contributed by atoms with Crippen LogP contribution in [0.3, 0.4) is 0 Å². The van der Waals surface area contributed by atoms with Gasteiger partial charge in [-0.25, -0.2) is 13.2 Å². The average Bonchev–Trinajstić information content (AvgIpc) is 2.74. The summed E-state index contributed by atoms with van der Waals surface area (Å²) >= 11 is 0. The molecule has 2 rings (SSSR count). The Morgan fingerprint density at radius 1 is 1.13 bits per heavy atom. The minimum Gasteiger partial charge on any atom is -0.326 e. The van der Waals surface area contributed by atoms with Crippen molar-refractivity contribution < 1.29 is 22.8 Å². The van der Waals surface area contributed by atoms with Gasteiger partial charge in [0, 0.05) is 7.05 Å². The summed E-state index contributed by atoms with van der Waals surface area (Å²) in [6.07, 6.45) is 4.70. The Balaban J connectivity index is 2.03. The van der Waals surface area contributed by atoms with Gasteiger partial charge >= 0.3 is 0 Å². The van der Waals surface area contributed by atoms with Gasteiger partial charge in [0.05, 0.1) is 24.8 Å². The third kappa shape index (κ3) is 5.51. The Labute approximate surface area is 174 Å². The number of carbonyl (C=O) groups is 2. The number of carbonyl (C=O) groups excluding carboxylic acids is 2. The van der Waals surface area contributed by atoms with E-state index in [1.54, 1.807) is 11.9 Å². The van der Waals surface area contributed by atoms with E-state index in [1.165, 1.54) is 4.90 Å². The van der Waals surface area contributed by atoms with Crippen LogP contribution < -0.4 is 5.32 Å². The standard InChI is InChI=1S/C21H27F3N4O2/c1-3-11-28(12-17(29)26-16-8-7-15(22)19(23)20(16)24)13-18(30)27(2)21(14-25)9-5-4-6-10-21/h7-8H,3-6,9-13H2,1-2H3,(H,26,29). The molecule has 1 aliphatic rings. The third-order valence-electron chi connectivity index (χ3n) is 5.48. The largest absolute Gasteiger partial charge is 0.326 e. The molecule has 0 bridgehead atoms. The van der Waals surface area contributed by atoms with E-state index < -0.39 is 34.6 Å². The van der Waals surface area contributed by atoms with Crippen molar-refractivity contribution in [1.82, 2.24) is 9.80 Å². The van der Waals surface area contributed by atoms with Crippen molar-refractivity contribution in [2.45, 2.75) is 51.0 Å². The summed E-state index contributed by atoms with van der Waals surface area (Å²) in [7, 11) is 1.61. The number of rotatable bonds is 8. The van der Waals surface area contributed by atoms with Crippen LogP contribution >= 0.6 is 0 Å². The predicted octanol–water partition coefficient (Wildman–Crippen LogP) is 3.44. The van der Waals surface area contributed by atoms with Crippen LogP contribution in [0.2, 0.25) is 0 Å². The normalized spacial score (nSPS) is 15.5. The second kappa shape index (κ2) is 10.4. The van der Waals surface area contributed by atoms with Crippen molar-refractivity contribution in [1.29, 1.82) is 5.26 Å². The highest BCUT2D eigenvalue weighted by molar-refractivity contribution is 5.92. The lowest BCUT2D eigenvalue weighted by molar-refractivity contribution is -0.136. The van der Waals surface area contributed by atoms with Gasteiger partial charge in [0.1, 0.15) is 5.54 Å². The molecule has 1 aromatic carbocycles. The fourth-order valence-electron chi connectivity index (χ4n) is 3.74. The van der Waals surface area contributed by atoms with Crippen LogP contribution in [-0.2, 0) is 9.59 Å². The van der Waals surface area contributed by atoms with E-state index in [1.807, 2.05) is 6.92 Å². The summed E-state index contributed by atoms with van der Waals surface area (Å²) < 4.78 is 40.2. The highest BCUT2D eigenvalue weighted by atomic mass is 19.2. The van der Waals surface area contributed by atoms with Crippen LogP contribution in [0, 0.1) is 28.8 Å². The van der Waals surface area contributed by atoms with E-state index in [9.17, 15) is 28.0 Å². The summed E-state index contributed by atoms with van der Waals surface area (Å²) in [5, 5.41) is 11.9. The Hall–Kier alpha value is -2.60. The number of hydrogen-bond acceptors (Lipinski definition) is 4.